The molecule has 4 heteroatoms. The molecule has 1 aliphatic rings. The molecule has 1 aromatic carbocycles. The van der Waals surface area contributed by atoms with Crippen molar-refractivity contribution in [2.45, 2.75) is 110 Å². The van der Waals surface area contributed by atoms with Gasteiger partial charge in [-0.3, -0.25) is 4.79 Å². The van der Waals surface area contributed by atoms with Crippen molar-refractivity contribution in [1.82, 2.24) is 0 Å². The van der Waals surface area contributed by atoms with Crippen LogP contribution in [0.5, 0.6) is 11.5 Å². The van der Waals surface area contributed by atoms with Gasteiger partial charge in [-0.15, -0.1) is 0 Å². The maximum absolute atomic E-state index is 10.5. The number of hydrogen-bond donors (Lipinski definition) is 1. The number of rotatable bonds is 16. The molecule has 0 saturated heterocycles. The number of aliphatic carboxylic acids is 1. The summed E-state index contributed by atoms with van der Waals surface area (Å²) in [6.45, 7) is 9.85. The molecule has 2 rings (SSSR count). The average molecular weight is 459 g/mol. The number of aryl methyl sites for hydroxylation is 1. The van der Waals surface area contributed by atoms with E-state index in [1.54, 1.807) is 0 Å². The van der Waals surface area contributed by atoms with Crippen molar-refractivity contribution in [3.8, 4) is 11.5 Å². The van der Waals surface area contributed by atoms with Gasteiger partial charge in [0.2, 0.25) is 0 Å². The van der Waals surface area contributed by atoms with Crippen LogP contribution in [0.2, 0.25) is 0 Å². The van der Waals surface area contributed by atoms with Gasteiger partial charge in [0.15, 0.2) is 0 Å². The van der Waals surface area contributed by atoms with E-state index in [2.05, 4.69) is 52.0 Å². The van der Waals surface area contributed by atoms with Crippen LogP contribution in [0.3, 0.4) is 0 Å². The van der Waals surface area contributed by atoms with Crippen LogP contribution in [0, 0.1) is 11.8 Å². The Morgan fingerprint density at radius 2 is 1.88 bits per heavy atom. The topological polar surface area (TPSA) is 55.8 Å². The standard InChI is InChI=1S/C29H46O4/c1-23(2)12-10-13-24(3)14-11-19-29(4)20-18-25-22-26(16-17-27(25)33-29)32-21-9-7-5-6-8-15-28(30)31/h11,16-17,19,22-24H,5-10,12-15,18,20-21H2,1-4H3,(H,30,31)/b19-11+. The predicted octanol–water partition coefficient (Wildman–Crippen LogP) is 7.98. The molecule has 0 saturated carbocycles. The third kappa shape index (κ3) is 11.1. The second-order valence-electron chi connectivity index (χ2n) is 10.5. The zero-order valence-corrected chi connectivity index (χ0v) is 21.4. The van der Waals surface area contributed by atoms with Crippen LogP contribution in [0.1, 0.15) is 104 Å². The fourth-order valence-corrected chi connectivity index (χ4v) is 4.38. The van der Waals surface area contributed by atoms with Gasteiger partial charge in [0, 0.05) is 6.42 Å². The number of fused-ring (bicyclic) bond motifs is 1. The molecule has 33 heavy (non-hydrogen) atoms. The molecule has 0 aliphatic carbocycles. The van der Waals surface area contributed by atoms with Crippen LogP contribution < -0.4 is 9.47 Å². The summed E-state index contributed by atoms with van der Waals surface area (Å²) in [5.74, 6) is 2.72. The molecule has 1 heterocycles. The lowest BCUT2D eigenvalue weighted by Gasteiger charge is -2.33. The Morgan fingerprint density at radius 1 is 1.12 bits per heavy atom. The first-order valence-electron chi connectivity index (χ1n) is 13.1. The highest BCUT2D eigenvalue weighted by atomic mass is 16.5. The smallest absolute Gasteiger partial charge is 0.303 e. The summed E-state index contributed by atoms with van der Waals surface area (Å²) in [6, 6.07) is 6.19. The van der Waals surface area contributed by atoms with Crippen molar-refractivity contribution in [3.05, 3.63) is 35.9 Å². The molecule has 0 bridgehead atoms. The maximum atomic E-state index is 10.5. The molecule has 0 spiro atoms. The van der Waals surface area contributed by atoms with Gasteiger partial charge in [0.25, 0.3) is 0 Å². The normalized spacial score (nSPS) is 18.8. The van der Waals surface area contributed by atoms with Gasteiger partial charge < -0.3 is 14.6 Å². The Balaban J connectivity index is 1.70. The van der Waals surface area contributed by atoms with Gasteiger partial charge in [0.1, 0.15) is 17.1 Å². The van der Waals surface area contributed by atoms with Gasteiger partial charge in [-0.1, -0.05) is 65.4 Å². The molecular weight excluding hydrogens is 412 g/mol. The van der Waals surface area contributed by atoms with Crippen molar-refractivity contribution in [3.63, 3.8) is 0 Å². The molecule has 2 atom stereocenters. The summed E-state index contributed by atoms with van der Waals surface area (Å²) >= 11 is 0. The number of carbonyl (C=O) groups is 1. The highest BCUT2D eigenvalue weighted by Gasteiger charge is 2.29. The first kappa shape index (κ1) is 27.3. The van der Waals surface area contributed by atoms with Crippen molar-refractivity contribution in [2.75, 3.05) is 6.61 Å². The van der Waals surface area contributed by atoms with E-state index in [4.69, 9.17) is 14.6 Å². The van der Waals surface area contributed by atoms with Gasteiger partial charge in [-0.05, 0) is 80.7 Å². The molecule has 0 radical (unpaired) electrons. The zero-order valence-electron chi connectivity index (χ0n) is 21.4. The first-order valence-corrected chi connectivity index (χ1v) is 13.1. The Bertz CT molecular complexity index is 739. The Hall–Kier alpha value is -1.97. The summed E-state index contributed by atoms with van der Waals surface area (Å²) in [6.07, 6.45) is 16.8. The number of unbranched alkanes of at least 4 members (excludes halogenated alkanes) is 4. The van der Waals surface area contributed by atoms with Crippen LogP contribution >= 0.6 is 0 Å². The molecule has 1 aromatic rings. The Morgan fingerprint density at radius 3 is 2.64 bits per heavy atom. The van der Waals surface area contributed by atoms with Gasteiger partial charge >= 0.3 is 5.97 Å². The average Bonchev–Trinajstić information content (AvgIpc) is 2.75. The van der Waals surface area contributed by atoms with Crippen LogP contribution in [0.15, 0.2) is 30.4 Å². The predicted molar refractivity (Wildman–Crippen MR) is 136 cm³/mol. The van der Waals surface area contributed by atoms with Gasteiger partial charge in [0.05, 0.1) is 6.61 Å². The lowest BCUT2D eigenvalue weighted by atomic mass is 9.91. The first-order chi connectivity index (χ1) is 15.8. The fraction of sp³-hybridized carbons (Fsp3) is 0.690. The minimum Gasteiger partial charge on any atom is -0.494 e. The van der Waals surface area contributed by atoms with Crippen LogP contribution in [-0.2, 0) is 11.2 Å². The van der Waals surface area contributed by atoms with Crippen molar-refractivity contribution >= 4 is 5.97 Å². The summed E-state index contributed by atoms with van der Waals surface area (Å²) in [5.41, 5.74) is 1.00. The van der Waals surface area contributed by atoms with Crippen molar-refractivity contribution < 1.29 is 19.4 Å². The highest BCUT2D eigenvalue weighted by molar-refractivity contribution is 5.66. The van der Waals surface area contributed by atoms with Gasteiger partial charge in [-0.25, -0.2) is 0 Å². The summed E-state index contributed by atoms with van der Waals surface area (Å²) in [4.78, 5) is 10.5. The lowest BCUT2D eigenvalue weighted by Crippen LogP contribution is -2.34. The number of carboxylic acids is 1. The Labute approximate surface area is 201 Å². The van der Waals surface area contributed by atoms with Crippen LogP contribution in [0.4, 0.5) is 0 Å². The summed E-state index contributed by atoms with van der Waals surface area (Å²) < 4.78 is 12.3. The second-order valence-corrected chi connectivity index (χ2v) is 10.5. The van der Waals surface area contributed by atoms with Crippen LogP contribution in [0.25, 0.3) is 0 Å². The van der Waals surface area contributed by atoms with E-state index in [1.165, 1.54) is 24.8 Å². The van der Waals surface area contributed by atoms with E-state index in [-0.39, 0.29) is 12.0 Å². The number of hydrogen-bond acceptors (Lipinski definition) is 3. The van der Waals surface area contributed by atoms with E-state index >= 15 is 0 Å². The Kier molecular flexibility index (Phi) is 11.8. The molecule has 0 fully saturated rings. The zero-order chi connectivity index (χ0) is 24.1. The number of ether oxygens (including phenoxy) is 2. The van der Waals surface area contributed by atoms with E-state index in [1.807, 2.05) is 6.07 Å². The van der Waals surface area contributed by atoms with Crippen LogP contribution in [-0.4, -0.2) is 23.3 Å². The lowest BCUT2D eigenvalue weighted by molar-refractivity contribution is -0.137. The molecule has 0 aromatic heterocycles. The van der Waals surface area contributed by atoms with Gasteiger partial charge in [-0.2, -0.15) is 0 Å². The number of benzene rings is 1. The molecule has 186 valence electrons. The molecule has 2 unspecified atom stereocenters. The molecular formula is C29H46O4. The number of allylic oxidation sites excluding steroid dienone is 1. The molecule has 4 nitrogen and oxygen atoms in total. The van der Waals surface area contributed by atoms with Crippen molar-refractivity contribution in [2.24, 2.45) is 11.8 Å². The maximum Gasteiger partial charge on any atom is 0.303 e. The minimum atomic E-state index is -0.701. The quantitative estimate of drug-likeness (QED) is 0.201. The third-order valence-corrected chi connectivity index (χ3v) is 6.56. The SMILES string of the molecule is CC(C)CCCC(C)C/C=C/C1(C)CCc2cc(OCCCCCCCC(=O)O)ccc2O1. The largest absolute Gasteiger partial charge is 0.494 e. The minimum absolute atomic E-state index is 0.229. The van der Waals surface area contributed by atoms with Crippen molar-refractivity contribution in [1.29, 1.82) is 0 Å². The van der Waals surface area contributed by atoms with E-state index in [0.717, 1.165) is 74.7 Å². The fourth-order valence-electron chi connectivity index (χ4n) is 4.38. The molecule has 1 N–H and O–H groups in total. The van der Waals surface area contributed by atoms with E-state index < -0.39 is 5.97 Å². The number of carboxylic acid groups (broad SMARTS) is 1. The second kappa shape index (κ2) is 14.3. The van der Waals surface area contributed by atoms with E-state index in [9.17, 15) is 4.79 Å². The summed E-state index contributed by atoms with van der Waals surface area (Å²) in [5, 5.41) is 8.66. The monoisotopic (exact) mass is 458 g/mol. The highest BCUT2D eigenvalue weighted by Crippen LogP contribution is 2.36. The van der Waals surface area contributed by atoms with E-state index in [0.29, 0.717) is 6.61 Å². The third-order valence-electron chi connectivity index (χ3n) is 6.56. The molecule has 0 amide bonds. The summed E-state index contributed by atoms with van der Waals surface area (Å²) in [7, 11) is 0. The molecule has 1 aliphatic heterocycles.